The van der Waals surface area contributed by atoms with E-state index in [9.17, 15) is 9.59 Å². The Hall–Kier alpha value is -2.67. The van der Waals surface area contributed by atoms with Crippen molar-refractivity contribution < 1.29 is 14.3 Å². The van der Waals surface area contributed by atoms with Crippen molar-refractivity contribution >= 4 is 35.1 Å². The molecule has 0 atom stereocenters. The molecule has 120 valence electrons. The summed E-state index contributed by atoms with van der Waals surface area (Å²) in [6.07, 6.45) is 1.51. The summed E-state index contributed by atoms with van der Waals surface area (Å²) in [5.41, 5.74) is 3.70. The van der Waals surface area contributed by atoms with E-state index in [4.69, 9.17) is 4.74 Å². The van der Waals surface area contributed by atoms with Crippen molar-refractivity contribution in [3.05, 3.63) is 46.2 Å². The molecular weight excluding hydrogens is 314 g/mol. The highest BCUT2D eigenvalue weighted by molar-refractivity contribution is 7.11. The molecule has 0 aliphatic heterocycles. The highest BCUT2D eigenvalue weighted by Crippen LogP contribution is 2.23. The van der Waals surface area contributed by atoms with Crippen LogP contribution in [0, 0.1) is 6.92 Å². The molecule has 0 spiro atoms. The van der Waals surface area contributed by atoms with Crippen molar-refractivity contribution in [2.75, 3.05) is 11.9 Å². The zero-order valence-corrected chi connectivity index (χ0v) is 13.6. The molecule has 0 bridgehead atoms. The van der Waals surface area contributed by atoms with Gasteiger partial charge in [0.05, 0.1) is 18.5 Å². The first kappa shape index (κ1) is 16.7. The van der Waals surface area contributed by atoms with Gasteiger partial charge in [-0.25, -0.2) is 5.43 Å². The van der Waals surface area contributed by atoms with Gasteiger partial charge >= 0.3 is 11.8 Å². The third-order valence-electron chi connectivity index (χ3n) is 2.89. The number of carbonyl (C=O) groups excluding carboxylic acids is 2. The molecule has 6 nitrogen and oxygen atoms in total. The Kier molecular flexibility index (Phi) is 5.87. The van der Waals surface area contributed by atoms with Crippen molar-refractivity contribution in [3.63, 3.8) is 0 Å². The van der Waals surface area contributed by atoms with Crippen molar-refractivity contribution in [2.24, 2.45) is 5.10 Å². The van der Waals surface area contributed by atoms with Gasteiger partial charge in [0.25, 0.3) is 0 Å². The van der Waals surface area contributed by atoms with Crippen LogP contribution in [0.25, 0.3) is 0 Å². The molecule has 7 heteroatoms. The second kappa shape index (κ2) is 8.09. The number of hydrazone groups is 1. The maximum absolute atomic E-state index is 11.9. The van der Waals surface area contributed by atoms with E-state index in [0.29, 0.717) is 18.0 Å². The zero-order chi connectivity index (χ0) is 16.7. The maximum atomic E-state index is 11.9. The van der Waals surface area contributed by atoms with Crippen LogP contribution in [0.15, 0.2) is 40.8 Å². The van der Waals surface area contributed by atoms with Gasteiger partial charge in [-0.15, -0.1) is 11.3 Å². The molecule has 2 rings (SSSR count). The van der Waals surface area contributed by atoms with Gasteiger partial charge in [0, 0.05) is 4.88 Å². The Morgan fingerprint density at radius 1 is 1.26 bits per heavy atom. The van der Waals surface area contributed by atoms with E-state index >= 15 is 0 Å². The highest BCUT2D eigenvalue weighted by atomic mass is 32.1. The first-order valence-corrected chi connectivity index (χ1v) is 7.90. The number of nitrogens with one attached hydrogen (secondary N) is 2. The molecule has 1 aromatic carbocycles. The fourth-order valence-electron chi connectivity index (χ4n) is 1.75. The van der Waals surface area contributed by atoms with Gasteiger partial charge in [-0.05, 0) is 43.0 Å². The molecule has 2 amide bonds. The monoisotopic (exact) mass is 331 g/mol. The number of para-hydroxylation sites is 2. The third kappa shape index (κ3) is 4.65. The zero-order valence-electron chi connectivity index (χ0n) is 12.8. The number of anilines is 1. The molecule has 0 saturated carbocycles. The Bertz CT molecular complexity index is 725. The predicted octanol–water partition coefficient (Wildman–Crippen LogP) is 2.54. The second-order valence-electron chi connectivity index (χ2n) is 4.55. The number of hydrogen-bond donors (Lipinski definition) is 2. The number of aryl methyl sites for hydroxylation is 1. The summed E-state index contributed by atoms with van der Waals surface area (Å²) in [6.45, 7) is 4.24. The molecule has 0 fully saturated rings. The largest absolute Gasteiger partial charge is 0.492 e. The summed E-state index contributed by atoms with van der Waals surface area (Å²) >= 11 is 1.50. The van der Waals surface area contributed by atoms with Crippen LogP contribution >= 0.6 is 11.3 Å². The van der Waals surface area contributed by atoms with Gasteiger partial charge in [-0.2, -0.15) is 5.10 Å². The minimum Gasteiger partial charge on any atom is -0.492 e. The molecule has 0 aliphatic rings. The summed E-state index contributed by atoms with van der Waals surface area (Å²) < 4.78 is 5.39. The number of ether oxygens (including phenoxy) is 1. The molecule has 1 heterocycles. The number of rotatable bonds is 5. The molecule has 2 N–H and O–H groups in total. The third-order valence-corrected chi connectivity index (χ3v) is 3.84. The van der Waals surface area contributed by atoms with E-state index in [1.807, 2.05) is 25.3 Å². The minimum absolute atomic E-state index is 0.438. The van der Waals surface area contributed by atoms with E-state index in [-0.39, 0.29) is 0 Å². The second-order valence-corrected chi connectivity index (χ2v) is 5.50. The van der Waals surface area contributed by atoms with Crippen molar-refractivity contribution in [2.45, 2.75) is 13.8 Å². The Morgan fingerprint density at radius 2 is 2.04 bits per heavy atom. The van der Waals surface area contributed by atoms with Crippen LogP contribution in [0.3, 0.4) is 0 Å². The number of nitrogens with zero attached hydrogens (tertiary/aromatic N) is 1. The quantitative estimate of drug-likeness (QED) is 0.502. The first-order valence-electron chi connectivity index (χ1n) is 7.02. The van der Waals surface area contributed by atoms with Crippen LogP contribution in [-0.4, -0.2) is 24.6 Å². The molecular formula is C16H17N3O3S. The smallest absolute Gasteiger partial charge is 0.329 e. The van der Waals surface area contributed by atoms with Crippen LogP contribution < -0.4 is 15.5 Å². The number of hydrogen-bond acceptors (Lipinski definition) is 5. The van der Waals surface area contributed by atoms with Crippen LogP contribution in [0.1, 0.15) is 17.4 Å². The van der Waals surface area contributed by atoms with Gasteiger partial charge < -0.3 is 10.1 Å². The van der Waals surface area contributed by atoms with Crippen LogP contribution in [-0.2, 0) is 9.59 Å². The average molecular weight is 331 g/mol. The van der Waals surface area contributed by atoms with Crippen LogP contribution in [0.5, 0.6) is 5.75 Å². The first-order chi connectivity index (χ1) is 11.1. The van der Waals surface area contributed by atoms with E-state index in [0.717, 1.165) is 10.4 Å². The lowest BCUT2D eigenvalue weighted by atomic mass is 10.3. The van der Waals surface area contributed by atoms with Gasteiger partial charge in [0.2, 0.25) is 0 Å². The number of amides is 2. The minimum atomic E-state index is -0.846. The van der Waals surface area contributed by atoms with E-state index in [2.05, 4.69) is 15.8 Å². The molecule has 0 unspecified atom stereocenters. The summed E-state index contributed by atoms with van der Waals surface area (Å²) in [5, 5.41) is 8.22. The number of thiophene rings is 1. The summed E-state index contributed by atoms with van der Waals surface area (Å²) in [5.74, 6) is -1.15. The highest BCUT2D eigenvalue weighted by Gasteiger charge is 2.15. The molecule has 1 aromatic heterocycles. The molecule has 0 aliphatic carbocycles. The summed E-state index contributed by atoms with van der Waals surface area (Å²) in [7, 11) is 0. The predicted molar refractivity (Wildman–Crippen MR) is 91.0 cm³/mol. The number of benzene rings is 1. The van der Waals surface area contributed by atoms with E-state index < -0.39 is 11.8 Å². The molecule has 23 heavy (non-hydrogen) atoms. The molecule has 0 saturated heterocycles. The van der Waals surface area contributed by atoms with E-state index in [1.54, 1.807) is 24.3 Å². The normalized spacial score (nSPS) is 10.5. The summed E-state index contributed by atoms with van der Waals surface area (Å²) in [4.78, 5) is 24.6. The lowest BCUT2D eigenvalue weighted by Crippen LogP contribution is -2.32. The van der Waals surface area contributed by atoms with Crippen molar-refractivity contribution in [1.29, 1.82) is 0 Å². The lowest BCUT2D eigenvalue weighted by Gasteiger charge is -2.10. The SMILES string of the molecule is CCOc1ccccc1NC(=O)C(=O)NN=Cc1sccc1C. The standard InChI is InChI=1S/C16H17N3O3S/c1-3-22-13-7-5-4-6-12(13)18-15(20)16(21)19-17-10-14-11(2)8-9-23-14/h4-10H,3H2,1-2H3,(H,18,20)(H,19,21). The fourth-order valence-corrected chi connectivity index (χ4v) is 2.53. The maximum Gasteiger partial charge on any atom is 0.329 e. The molecule has 0 radical (unpaired) electrons. The summed E-state index contributed by atoms with van der Waals surface area (Å²) in [6, 6.07) is 8.86. The topological polar surface area (TPSA) is 79.8 Å². The van der Waals surface area contributed by atoms with Gasteiger partial charge in [0.15, 0.2) is 0 Å². The van der Waals surface area contributed by atoms with Crippen molar-refractivity contribution in [3.8, 4) is 5.75 Å². The van der Waals surface area contributed by atoms with Crippen molar-refractivity contribution in [1.82, 2.24) is 5.43 Å². The average Bonchev–Trinajstić information content (AvgIpc) is 2.94. The number of carbonyl (C=O) groups is 2. The van der Waals surface area contributed by atoms with Crippen LogP contribution in [0.2, 0.25) is 0 Å². The van der Waals surface area contributed by atoms with Gasteiger partial charge in [0.1, 0.15) is 5.75 Å². The van der Waals surface area contributed by atoms with Crippen LogP contribution in [0.4, 0.5) is 5.69 Å². The lowest BCUT2D eigenvalue weighted by molar-refractivity contribution is -0.136. The fraction of sp³-hybridized carbons (Fsp3) is 0.188. The molecule has 2 aromatic rings. The Balaban J connectivity index is 1.94. The van der Waals surface area contributed by atoms with E-state index in [1.165, 1.54) is 17.6 Å². The van der Waals surface area contributed by atoms with Gasteiger partial charge in [-0.3, -0.25) is 9.59 Å². The van der Waals surface area contributed by atoms with Gasteiger partial charge in [-0.1, -0.05) is 12.1 Å². The Morgan fingerprint density at radius 3 is 2.74 bits per heavy atom. The Labute approximate surface area is 138 Å².